The fourth-order valence-corrected chi connectivity index (χ4v) is 4.28. The zero-order chi connectivity index (χ0) is 24.2. The van der Waals surface area contributed by atoms with Crippen molar-refractivity contribution in [3.05, 3.63) is 59.7 Å². The average Bonchev–Trinajstić information content (AvgIpc) is 3.09. The standard InChI is InChI=1S/C25H30N2O6/c1-4-13-25(3,23(31)26-21(15(2)28)22(29)30)27-24(32)33-14-20-18-11-7-5-9-16(18)17-10-6-8-12-19(17)20/h5-12,15,20-21,28H,4,13-14H2,1-3H3,(H,26,31)(H,27,32)(H,29,30). The lowest BCUT2D eigenvalue weighted by Gasteiger charge is -2.31. The van der Waals surface area contributed by atoms with Gasteiger partial charge in [-0.15, -0.1) is 0 Å². The van der Waals surface area contributed by atoms with Gasteiger partial charge in [-0.2, -0.15) is 0 Å². The average molecular weight is 455 g/mol. The van der Waals surface area contributed by atoms with E-state index in [4.69, 9.17) is 4.74 Å². The molecule has 0 saturated heterocycles. The number of ether oxygens (including phenoxy) is 1. The molecule has 0 bridgehead atoms. The summed E-state index contributed by atoms with van der Waals surface area (Å²) in [6.07, 6.45) is -1.26. The van der Waals surface area contributed by atoms with Gasteiger partial charge in [0.25, 0.3) is 0 Å². The van der Waals surface area contributed by atoms with Gasteiger partial charge in [0.2, 0.25) is 5.91 Å². The van der Waals surface area contributed by atoms with Gasteiger partial charge >= 0.3 is 12.1 Å². The van der Waals surface area contributed by atoms with E-state index in [-0.39, 0.29) is 18.9 Å². The van der Waals surface area contributed by atoms with Crippen LogP contribution in [-0.4, -0.2) is 52.5 Å². The second-order valence-electron chi connectivity index (χ2n) is 8.56. The Morgan fingerprint density at radius 2 is 1.61 bits per heavy atom. The van der Waals surface area contributed by atoms with Gasteiger partial charge in [0.15, 0.2) is 6.04 Å². The summed E-state index contributed by atoms with van der Waals surface area (Å²) in [5.74, 6) is -2.19. The molecule has 3 rings (SSSR count). The second kappa shape index (κ2) is 10.0. The summed E-state index contributed by atoms with van der Waals surface area (Å²) in [7, 11) is 0. The van der Waals surface area contributed by atoms with E-state index < -0.39 is 35.7 Å². The Morgan fingerprint density at radius 1 is 1.06 bits per heavy atom. The summed E-state index contributed by atoms with van der Waals surface area (Å²) in [6.45, 7) is 4.72. The molecule has 0 aromatic heterocycles. The molecule has 176 valence electrons. The number of carbonyl (C=O) groups excluding carboxylic acids is 2. The monoisotopic (exact) mass is 454 g/mol. The number of nitrogens with one attached hydrogen (secondary N) is 2. The van der Waals surface area contributed by atoms with E-state index in [1.165, 1.54) is 13.8 Å². The van der Waals surface area contributed by atoms with Crippen LogP contribution in [0.1, 0.15) is 50.7 Å². The molecule has 0 fully saturated rings. The predicted molar refractivity (Wildman–Crippen MR) is 123 cm³/mol. The first kappa shape index (κ1) is 24.3. The zero-order valence-electron chi connectivity index (χ0n) is 19.0. The first-order valence-electron chi connectivity index (χ1n) is 11.0. The highest BCUT2D eigenvalue weighted by Gasteiger charge is 2.38. The van der Waals surface area contributed by atoms with Crippen LogP contribution in [0.5, 0.6) is 0 Å². The van der Waals surface area contributed by atoms with E-state index in [0.717, 1.165) is 22.3 Å². The lowest BCUT2D eigenvalue weighted by atomic mass is 9.94. The van der Waals surface area contributed by atoms with Gasteiger partial charge in [0, 0.05) is 5.92 Å². The fourth-order valence-electron chi connectivity index (χ4n) is 4.28. The third-order valence-electron chi connectivity index (χ3n) is 6.01. The van der Waals surface area contributed by atoms with Crippen molar-refractivity contribution >= 4 is 18.0 Å². The summed E-state index contributed by atoms with van der Waals surface area (Å²) in [4.78, 5) is 36.9. The van der Waals surface area contributed by atoms with Crippen molar-refractivity contribution in [3.63, 3.8) is 0 Å². The smallest absolute Gasteiger partial charge is 0.408 e. The van der Waals surface area contributed by atoms with Gasteiger partial charge < -0.3 is 25.6 Å². The van der Waals surface area contributed by atoms with E-state index in [2.05, 4.69) is 10.6 Å². The molecule has 0 aliphatic heterocycles. The number of amides is 2. The number of carboxylic acids is 1. The van der Waals surface area contributed by atoms with Crippen molar-refractivity contribution in [2.24, 2.45) is 0 Å². The molecule has 3 atom stereocenters. The molecule has 0 saturated carbocycles. The van der Waals surface area contributed by atoms with Crippen LogP contribution in [0, 0.1) is 0 Å². The number of carboxylic acid groups (broad SMARTS) is 1. The van der Waals surface area contributed by atoms with E-state index in [9.17, 15) is 24.6 Å². The van der Waals surface area contributed by atoms with Gasteiger partial charge in [0.05, 0.1) is 6.10 Å². The van der Waals surface area contributed by atoms with Crippen LogP contribution in [0.25, 0.3) is 11.1 Å². The normalized spacial score (nSPS) is 16.0. The Labute approximate surface area is 193 Å². The molecular weight excluding hydrogens is 424 g/mol. The number of aliphatic hydroxyl groups excluding tert-OH is 1. The third kappa shape index (κ3) is 5.17. The summed E-state index contributed by atoms with van der Waals surface area (Å²) in [6, 6.07) is 14.4. The molecule has 4 N–H and O–H groups in total. The minimum atomic E-state index is -1.49. The first-order chi connectivity index (χ1) is 15.7. The Bertz CT molecular complexity index is 992. The maximum absolute atomic E-state index is 12.8. The quantitative estimate of drug-likeness (QED) is 0.462. The number of rotatable bonds is 9. The Balaban J connectivity index is 1.71. The van der Waals surface area contributed by atoms with Crippen LogP contribution in [-0.2, 0) is 14.3 Å². The third-order valence-corrected chi connectivity index (χ3v) is 6.01. The molecule has 2 aromatic rings. The highest BCUT2D eigenvalue weighted by Crippen LogP contribution is 2.44. The second-order valence-corrected chi connectivity index (χ2v) is 8.56. The number of carbonyl (C=O) groups is 3. The predicted octanol–water partition coefficient (Wildman–Crippen LogP) is 3.03. The topological polar surface area (TPSA) is 125 Å². The molecule has 1 aliphatic rings. The minimum Gasteiger partial charge on any atom is -0.480 e. The van der Waals surface area contributed by atoms with Crippen LogP contribution < -0.4 is 10.6 Å². The van der Waals surface area contributed by atoms with Gasteiger partial charge in [-0.25, -0.2) is 9.59 Å². The van der Waals surface area contributed by atoms with Gasteiger partial charge in [0.1, 0.15) is 12.1 Å². The minimum absolute atomic E-state index is 0.0924. The maximum atomic E-state index is 12.8. The molecule has 8 heteroatoms. The van der Waals surface area contributed by atoms with Gasteiger partial charge in [-0.05, 0) is 42.5 Å². The number of aliphatic hydroxyl groups is 1. The van der Waals surface area contributed by atoms with Crippen molar-refractivity contribution in [2.75, 3.05) is 6.61 Å². The summed E-state index contributed by atoms with van der Waals surface area (Å²) < 4.78 is 5.54. The maximum Gasteiger partial charge on any atom is 0.408 e. The zero-order valence-corrected chi connectivity index (χ0v) is 19.0. The van der Waals surface area contributed by atoms with Gasteiger partial charge in [-0.1, -0.05) is 61.9 Å². The molecular formula is C25H30N2O6. The van der Waals surface area contributed by atoms with E-state index in [1.54, 1.807) is 0 Å². The molecule has 1 aliphatic carbocycles. The highest BCUT2D eigenvalue weighted by atomic mass is 16.5. The number of hydrogen-bond donors (Lipinski definition) is 4. The Hall–Kier alpha value is -3.39. The van der Waals surface area contributed by atoms with Crippen molar-refractivity contribution < 1.29 is 29.3 Å². The molecule has 2 aromatic carbocycles. The molecule has 33 heavy (non-hydrogen) atoms. The Kier molecular flexibility index (Phi) is 7.38. The summed E-state index contributed by atoms with van der Waals surface area (Å²) in [5.41, 5.74) is 2.95. The highest BCUT2D eigenvalue weighted by molar-refractivity contribution is 5.92. The van der Waals surface area contributed by atoms with Crippen LogP contribution in [0.2, 0.25) is 0 Å². The molecule has 0 heterocycles. The van der Waals surface area contributed by atoms with Crippen LogP contribution in [0.4, 0.5) is 4.79 Å². The van der Waals surface area contributed by atoms with Crippen molar-refractivity contribution in [1.29, 1.82) is 0 Å². The van der Waals surface area contributed by atoms with Gasteiger partial charge in [-0.3, -0.25) is 4.79 Å². The van der Waals surface area contributed by atoms with Crippen LogP contribution >= 0.6 is 0 Å². The number of alkyl carbamates (subject to hydrolysis) is 1. The number of fused-ring (bicyclic) bond motifs is 3. The van der Waals surface area contributed by atoms with Crippen molar-refractivity contribution in [3.8, 4) is 11.1 Å². The first-order valence-corrected chi connectivity index (χ1v) is 11.0. The van der Waals surface area contributed by atoms with E-state index >= 15 is 0 Å². The van der Waals surface area contributed by atoms with Crippen LogP contribution in [0.3, 0.4) is 0 Å². The molecule has 0 spiro atoms. The Morgan fingerprint density at radius 3 is 2.09 bits per heavy atom. The molecule has 8 nitrogen and oxygen atoms in total. The largest absolute Gasteiger partial charge is 0.480 e. The lowest BCUT2D eigenvalue weighted by Crippen LogP contribution is -2.61. The van der Waals surface area contributed by atoms with Crippen molar-refractivity contribution in [1.82, 2.24) is 10.6 Å². The molecule has 2 amide bonds. The molecule has 3 unspecified atom stereocenters. The van der Waals surface area contributed by atoms with E-state index in [1.807, 2.05) is 55.5 Å². The lowest BCUT2D eigenvalue weighted by molar-refractivity contribution is -0.145. The number of aliphatic carboxylic acids is 1. The van der Waals surface area contributed by atoms with E-state index in [0.29, 0.717) is 6.42 Å². The molecule has 0 radical (unpaired) electrons. The fraction of sp³-hybridized carbons (Fsp3) is 0.400. The number of hydrogen-bond acceptors (Lipinski definition) is 5. The summed E-state index contributed by atoms with van der Waals surface area (Å²) >= 11 is 0. The number of benzene rings is 2. The SMILES string of the molecule is CCCC(C)(NC(=O)OCC1c2ccccc2-c2ccccc21)C(=O)NC(C(=O)O)C(C)O. The van der Waals surface area contributed by atoms with Crippen LogP contribution in [0.15, 0.2) is 48.5 Å². The van der Waals surface area contributed by atoms with Crippen molar-refractivity contribution in [2.45, 2.75) is 57.2 Å². The summed E-state index contributed by atoms with van der Waals surface area (Å²) in [5, 5.41) is 23.8.